The summed E-state index contributed by atoms with van der Waals surface area (Å²) in [5.41, 5.74) is 7.68. The van der Waals surface area contributed by atoms with Gasteiger partial charge in [0, 0.05) is 10.3 Å². The van der Waals surface area contributed by atoms with Crippen LogP contribution in [0.3, 0.4) is 0 Å². The highest BCUT2D eigenvalue weighted by atomic mass is 16.6. The Balaban J connectivity index is 2.54. The van der Waals surface area contributed by atoms with Gasteiger partial charge >= 0.3 is 6.09 Å². The van der Waals surface area contributed by atoms with E-state index in [0.29, 0.717) is 6.54 Å². The summed E-state index contributed by atoms with van der Waals surface area (Å²) in [4.78, 5) is 27.1. The summed E-state index contributed by atoms with van der Waals surface area (Å²) in [6.07, 6.45) is -0.980. The van der Waals surface area contributed by atoms with Crippen LogP contribution in [0.2, 0.25) is 0 Å². The summed E-state index contributed by atoms with van der Waals surface area (Å²) in [5.74, 6) is -0.0288. The van der Waals surface area contributed by atoms with Crippen molar-refractivity contribution >= 4 is 11.9 Å². The van der Waals surface area contributed by atoms with E-state index in [0.717, 1.165) is 0 Å². The minimum Gasteiger partial charge on any atom is -0.444 e. The van der Waals surface area contributed by atoms with Crippen LogP contribution in [-0.2, 0) is 9.53 Å². The summed E-state index contributed by atoms with van der Waals surface area (Å²) in [6.45, 7) is 5.83. The topological polar surface area (TPSA) is 95.4 Å². The van der Waals surface area contributed by atoms with Crippen molar-refractivity contribution in [2.75, 3.05) is 19.6 Å². The van der Waals surface area contributed by atoms with Crippen LogP contribution in [0.5, 0.6) is 0 Å². The maximum absolute atomic E-state index is 11.8. The maximum atomic E-state index is 11.8. The van der Waals surface area contributed by atoms with Crippen molar-refractivity contribution in [1.29, 1.82) is 0 Å². The summed E-state index contributed by atoms with van der Waals surface area (Å²) >= 11 is 0. The van der Waals surface area contributed by atoms with Crippen molar-refractivity contribution in [1.82, 2.24) is 4.90 Å². The third-order valence-electron chi connectivity index (χ3n) is 2.47. The molecule has 7 heteroatoms. The molecule has 1 atom stereocenters. The van der Waals surface area contributed by atoms with Crippen LogP contribution >= 0.6 is 0 Å². The Morgan fingerprint density at radius 1 is 1.65 bits per heavy atom. The predicted octanol–water partition coefficient (Wildman–Crippen LogP) is 1.73. The molecule has 1 rings (SSSR count). The molecule has 0 spiro atoms. The third kappa shape index (κ3) is 3.64. The van der Waals surface area contributed by atoms with E-state index in [2.05, 4.69) is 10.0 Å². The molecule has 17 heavy (non-hydrogen) atoms. The summed E-state index contributed by atoms with van der Waals surface area (Å²) in [7, 11) is 0. The van der Waals surface area contributed by atoms with Crippen molar-refractivity contribution < 1.29 is 14.3 Å². The minimum atomic E-state index is -0.527. The van der Waals surface area contributed by atoms with E-state index < -0.39 is 17.6 Å². The molecule has 0 aromatic rings. The number of ketones is 1. The third-order valence-corrected chi connectivity index (χ3v) is 2.47. The van der Waals surface area contributed by atoms with Gasteiger partial charge in [0.25, 0.3) is 0 Å². The molecule has 1 amide bonds. The van der Waals surface area contributed by atoms with Gasteiger partial charge in [-0.2, -0.15) is 0 Å². The van der Waals surface area contributed by atoms with Gasteiger partial charge in [0.1, 0.15) is 6.10 Å². The standard InChI is InChI=1S/C10H16N4O3/c1-10(2,3)8(15)6-14-5-7(4-12-13-11)17-9(14)16/h7H,4-6H2,1-3H3/t7-/m1/s1. The van der Waals surface area contributed by atoms with Crippen molar-refractivity contribution in [3.63, 3.8) is 0 Å². The van der Waals surface area contributed by atoms with Crippen LogP contribution in [0.15, 0.2) is 5.11 Å². The average Bonchev–Trinajstić information content (AvgIpc) is 2.55. The number of hydrogen-bond acceptors (Lipinski definition) is 4. The zero-order valence-electron chi connectivity index (χ0n) is 10.2. The Morgan fingerprint density at radius 2 is 2.29 bits per heavy atom. The molecule has 0 aliphatic carbocycles. The van der Waals surface area contributed by atoms with Crippen LogP contribution in [0, 0.1) is 5.41 Å². The fraction of sp³-hybridized carbons (Fsp3) is 0.800. The fourth-order valence-electron chi connectivity index (χ4n) is 1.34. The normalized spacial score (nSPS) is 19.8. The summed E-state index contributed by atoms with van der Waals surface area (Å²) < 4.78 is 4.96. The first-order valence-electron chi connectivity index (χ1n) is 5.34. The first kappa shape index (κ1) is 13.3. The Bertz CT molecular complexity index is 368. The first-order chi connectivity index (χ1) is 7.84. The molecular weight excluding hydrogens is 224 g/mol. The number of rotatable bonds is 4. The van der Waals surface area contributed by atoms with Gasteiger partial charge in [0.15, 0.2) is 5.78 Å². The van der Waals surface area contributed by atoms with Crippen molar-refractivity contribution in [2.45, 2.75) is 26.9 Å². The molecule has 1 fully saturated rings. The Kier molecular flexibility index (Phi) is 3.96. The lowest BCUT2D eigenvalue weighted by Gasteiger charge is -2.20. The molecule has 0 radical (unpaired) electrons. The number of ether oxygens (including phenoxy) is 1. The number of Topliss-reactive ketones (excluding diaryl/α,β-unsaturated/α-hetero) is 1. The molecule has 1 aliphatic rings. The lowest BCUT2D eigenvalue weighted by molar-refractivity contribution is -0.126. The molecule has 0 saturated carbocycles. The van der Waals surface area contributed by atoms with E-state index in [9.17, 15) is 9.59 Å². The summed E-state index contributed by atoms with van der Waals surface area (Å²) in [6, 6.07) is 0. The van der Waals surface area contributed by atoms with E-state index >= 15 is 0 Å². The zero-order valence-corrected chi connectivity index (χ0v) is 10.2. The second-order valence-electron chi connectivity index (χ2n) is 4.97. The molecule has 0 unspecified atom stereocenters. The van der Waals surface area contributed by atoms with Crippen LogP contribution in [0.25, 0.3) is 10.4 Å². The highest BCUT2D eigenvalue weighted by Crippen LogP contribution is 2.18. The Labute approximate surface area is 99.3 Å². The molecule has 0 aromatic carbocycles. The lowest BCUT2D eigenvalue weighted by atomic mass is 9.90. The minimum absolute atomic E-state index is 0.0288. The second kappa shape index (κ2) is 5.05. The number of cyclic esters (lactones) is 1. The highest BCUT2D eigenvalue weighted by molar-refractivity contribution is 5.88. The summed E-state index contributed by atoms with van der Waals surface area (Å²) in [5, 5.41) is 3.34. The van der Waals surface area contributed by atoms with Gasteiger partial charge in [0.2, 0.25) is 0 Å². The molecule has 0 aromatic heterocycles. The van der Waals surface area contributed by atoms with E-state index in [1.165, 1.54) is 4.90 Å². The maximum Gasteiger partial charge on any atom is 0.410 e. The van der Waals surface area contributed by atoms with Gasteiger partial charge in [-0.3, -0.25) is 9.69 Å². The second-order valence-corrected chi connectivity index (χ2v) is 4.97. The monoisotopic (exact) mass is 240 g/mol. The van der Waals surface area contributed by atoms with Crippen molar-refractivity contribution in [3.8, 4) is 0 Å². The van der Waals surface area contributed by atoms with E-state index in [1.807, 2.05) is 0 Å². The van der Waals surface area contributed by atoms with Gasteiger partial charge in [-0.15, -0.1) is 0 Å². The van der Waals surface area contributed by atoms with Gasteiger partial charge in [-0.05, 0) is 5.53 Å². The van der Waals surface area contributed by atoms with Crippen LogP contribution in [-0.4, -0.2) is 42.5 Å². The Morgan fingerprint density at radius 3 is 2.82 bits per heavy atom. The van der Waals surface area contributed by atoms with Crippen LogP contribution in [0.1, 0.15) is 20.8 Å². The number of carbonyl (C=O) groups is 2. The van der Waals surface area contributed by atoms with Crippen LogP contribution in [0.4, 0.5) is 4.79 Å². The SMILES string of the molecule is CC(C)(C)C(=O)CN1C[C@@H](CN=[N+]=[N-])OC1=O. The Hall–Kier alpha value is -1.75. The highest BCUT2D eigenvalue weighted by Gasteiger charge is 2.34. The molecule has 1 heterocycles. The van der Waals surface area contributed by atoms with E-state index in [4.69, 9.17) is 10.3 Å². The molecule has 1 saturated heterocycles. The average molecular weight is 240 g/mol. The zero-order chi connectivity index (χ0) is 13.1. The molecule has 0 bridgehead atoms. The number of nitrogens with zero attached hydrogens (tertiary/aromatic N) is 4. The molecule has 1 aliphatic heterocycles. The van der Waals surface area contributed by atoms with Crippen molar-refractivity contribution in [3.05, 3.63) is 10.4 Å². The largest absolute Gasteiger partial charge is 0.444 e. The molecule has 94 valence electrons. The fourth-order valence-corrected chi connectivity index (χ4v) is 1.34. The number of carbonyl (C=O) groups excluding carboxylic acids is 2. The van der Waals surface area contributed by atoms with Gasteiger partial charge in [-0.1, -0.05) is 25.9 Å². The van der Waals surface area contributed by atoms with E-state index in [1.54, 1.807) is 20.8 Å². The first-order valence-corrected chi connectivity index (χ1v) is 5.34. The molecule has 7 nitrogen and oxygen atoms in total. The number of amides is 1. The number of hydrogen-bond donors (Lipinski definition) is 0. The van der Waals surface area contributed by atoms with Gasteiger partial charge in [-0.25, -0.2) is 4.79 Å². The predicted molar refractivity (Wildman–Crippen MR) is 60.3 cm³/mol. The van der Waals surface area contributed by atoms with Crippen LogP contribution < -0.4 is 0 Å². The number of azide groups is 1. The lowest BCUT2D eigenvalue weighted by Crippen LogP contribution is -2.36. The van der Waals surface area contributed by atoms with Gasteiger partial charge < -0.3 is 4.74 Å². The van der Waals surface area contributed by atoms with Crippen molar-refractivity contribution in [2.24, 2.45) is 10.5 Å². The van der Waals surface area contributed by atoms with Gasteiger partial charge in [0.05, 0.1) is 19.6 Å². The molecular formula is C10H16N4O3. The van der Waals surface area contributed by atoms with E-state index in [-0.39, 0.29) is 18.9 Å². The smallest absolute Gasteiger partial charge is 0.410 e. The quantitative estimate of drug-likeness (QED) is 0.425. The molecule has 0 N–H and O–H groups in total.